The van der Waals surface area contributed by atoms with Crippen LogP contribution in [0.2, 0.25) is 0 Å². The van der Waals surface area contributed by atoms with Gasteiger partial charge in [0.25, 0.3) is 0 Å². The Bertz CT molecular complexity index is 788. The molecule has 0 atom stereocenters. The number of hydrogen-bond donors (Lipinski definition) is 1. The minimum absolute atomic E-state index is 0.0211. The van der Waals surface area contributed by atoms with E-state index in [1.54, 1.807) is 7.11 Å². The van der Waals surface area contributed by atoms with Gasteiger partial charge in [-0.1, -0.05) is 0 Å². The number of methoxy groups -OCH3 is 1. The SMILES string of the molecule is COCCCn1c(C)c(C)c(C#N)c1NC(=O)CSC12CC3CC(CC(C3)C1)C2. The number of anilines is 1. The maximum Gasteiger partial charge on any atom is 0.235 e. The molecule has 0 radical (unpaired) electrons. The van der Waals surface area contributed by atoms with Crippen molar-refractivity contribution in [1.29, 1.82) is 5.26 Å². The highest BCUT2D eigenvalue weighted by Crippen LogP contribution is 2.60. The second-order valence-electron chi connectivity index (χ2n) is 9.48. The van der Waals surface area contributed by atoms with E-state index in [1.807, 2.05) is 25.6 Å². The lowest BCUT2D eigenvalue weighted by Crippen LogP contribution is -2.49. The van der Waals surface area contributed by atoms with Gasteiger partial charge in [0.15, 0.2) is 0 Å². The molecule has 1 aromatic rings. The molecule has 5 rings (SSSR count). The number of thioether (sulfide) groups is 1. The van der Waals surface area contributed by atoms with Crippen LogP contribution in [0.3, 0.4) is 0 Å². The largest absolute Gasteiger partial charge is 0.385 e. The number of carbonyl (C=O) groups excluding carboxylic acids is 1. The van der Waals surface area contributed by atoms with Crippen LogP contribution in [-0.2, 0) is 16.1 Å². The van der Waals surface area contributed by atoms with Gasteiger partial charge >= 0.3 is 0 Å². The van der Waals surface area contributed by atoms with Crippen molar-refractivity contribution in [3.63, 3.8) is 0 Å². The van der Waals surface area contributed by atoms with E-state index >= 15 is 0 Å². The molecule has 1 N–H and O–H groups in total. The Hall–Kier alpha value is -1.45. The highest BCUT2D eigenvalue weighted by atomic mass is 32.2. The lowest BCUT2D eigenvalue weighted by Gasteiger charge is -2.56. The zero-order valence-corrected chi connectivity index (χ0v) is 18.7. The maximum absolute atomic E-state index is 12.9. The van der Waals surface area contributed by atoms with Crippen LogP contribution >= 0.6 is 11.8 Å². The Labute approximate surface area is 178 Å². The van der Waals surface area contributed by atoms with E-state index in [9.17, 15) is 10.1 Å². The van der Waals surface area contributed by atoms with E-state index in [0.717, 1.165) is 42.0 Å². The van der Waals surface area contributed by atoms with Crippen LogP contribution in [0.25, 0.3) is 0 Å². The number of aromatic nitrogens is 1. The van der Waals surface area contributed by atoms with Gasteiger partial charge in [-0.05, 0) is 82.1 Å². The summed E-state index contributed by atoms with van der Waals surface area (Å²) in [5.41, 5.74) is 2.59. The summed E-state index contributed by atoms with van der Waals surface area (Å²) < 4.78 is 7.57. The van der Waals surface area contributed by atoms with Gasteiger partial charge in [-0.15, -0.1) is 11.8 Å². The number of nitrogens with zero attached hydrogens (tertiary/aromatic N) is 2. The van der Waals surface area contributed by atoms with Crippen molar-refractivity contribution in [1.82, 2.24) is 4.57 Å². The molecule has 4 bridgehead atoms. The highest BCUT2D eigenvalue weighted by Gasteiger charge is 2.51. The van der Waals surface area contributed by atoms with Gasteiger partial charge in [0, 0.05) is 30.7 Å². The second kappa shape index (κ2) is 8.35. The topological polar surface area (TPSA) is 67.1 Å². The summed E-state index contributed by atoms with van der Waals surface area (Å²) in [5, 5.41) is 12.8. The van der Waals surface area contributed by atoms with Crippen molar-refractivity contribution in [2.24, 2.45) is 17.8 Å². The molecular weight excluding hydrogens is 382 g/mol. The Morgan fingerprint density at radius 3 is 2.41 bits per heavy atom. The van der Waals surface area contributed by atoms with Crippen molar-refractivity contribution in [3.05, 3.63) is 16.8 Å². The van der Waals surface area contributed by atoms with Gasteiger partial charge in [-0.25, -0.2) is 0 Å². The molecule has 1 aromatic heterocycles. The summed E-state index contributed by atoms with van der Waals surface area (Å²) in [6, 6.07) is 2.30. The van der Waals surface area contributed by atoms with Crippen molar-refractivity contribution in [2.75, 3.05) is 24.8 Å². The molecule has 4 aliphatic carbocycles. The number of ether oxygens (including phenoxy) is 1. The molecule has 4 saturated carbocycles. The average molecular weight is 416 g/mol. The maximum atomic E-state index is 12.9. The van der Waals surface area contributed by atoms with E-state index in [1.165, 1.54) is 38.5 Å². The molecule has 0 aliphatic heterocycles. The molecule has 158 valence electrons. The molecule has 4 aliphatic rings. The van der Waals surface area contributed by atoms with Gasteiger partial charge in [-0.3, -0.25) is 4.79 Å². The van der Waals surface area contributed by atoms with Gasteiger partial charge in [-0.2, -0.15) is 5.26 Å². The molecule has 0 saturated heterocycles. The van der Waals surface area contributed by atoms with Crippen molar-refractivity contribution >= 4 is 23.5 Å². The first kappa shape index (κ1) is 20.8. The first-order valence-corrected chi connectivity index (χ1v) is 12.0. The summed E-state index contributed by atoms with van der Waals surface area (Å²) in [4.78, 5) is 12.9. The Balaban J connectivity index is 1.43. The fourth-order valence-electron chi connectivity index (χ4n) is 6.37. The minimum atomic E-state index is 0.0211. The molecule has 0 spiro atoms. The third-order valence-electron chi connectivity index (χ3n) is 7.42. The molecule has 6 heteroatoms. The first-order chi connectivity index (χ1) is 13.9. The molecule has 29 heavy (non-hydrogen) atoms. The van der Waals surface area contributed by atoms with Crippen LogP contribution in [0.4, 0.5) is 5.82 Å². The van der Waals surface area contributed by atoms with Crippen molar-refractivity contribution in [2.45, 2.75) is 70.1 Å². The van der Waals surface area contributed by atoms with Crippen LogP contribution in [0.1, 0.15) is 61.8 Å². The summed E-state index contributed by atoms with van der Waals surface area (Å²) in [7, 11) is 1.69. The number of hydrogen-bond acceptors (Lipinski definition) is 4. The number of nitriles is 1. The van der Waals surface area contributed by atoms with E-state index in [2.05, 4.69) is 16.0 Å². The van der Waals surface area contributed by atoms with E-state index < -0.39 is 0 Å². The first-order valence-electron chi connectivity index (χ1n) is 11.0. The summed E-state index contributed by atoms with van der Waals surface area (Å²) in [5.74, 6) is 3.85. The molecule has 5 nitrogen and oxygen atoms in total. The lowest BCUT2D eigenvalue weighted by atomic mass is 9.56. The summed E-state index contributed by atoms with van der Waals surface area (Å²) >= 11 is 1.89. The van der Waals surface area contributed by atoms with Crippen LogP contribution < -0.4 is 5.32 Å². The quantitative estimate of drug-likeness (QED) is 0.628. The van der Waals surface area contributed by atoms with E-state index in [-0.39, 0.29) is 5.91 Å². The fraction of sp³-hybridized carbons (Fsp3) is 0.739. The van der Waals surface area contributed by atoms with Crippen LogP contribution in [0.5, 0.6) is 0 Å². The summed E-state index contributed by atoms with van der Waals surface area (Å²) in [6.07, 6.45) is 9.01. The zero-order chi connectivity index (χ0) is 20.6. The Kier molecular flexibility index (Phi) is 5.99. The van der Waals surface area contributed by atoms with Crippen LogP contribution in [0.15, 0.2) is 0 Å². The highest BCUT2D eigenvalue weighted by molar-refractivity contribution is 8.01. The third kappa shape index (κ3) is 4.09. The predicted molar refractivity (Wildman–Crippen MR) is 117 cm³/mol. The minimum Gasteiger partial charge on any atom is -0.385 e. The summed E-state index contributed by atoms with van der Waals surface area (Å²) in [6.45, 7) is 5.37. The molecule has 1 amide bonds. The molecule has 0 aromatic carbocycles. The van der Waals surface area contributed by atoms with Gasteiger partial charge in [0.1, 0.15) is 11.9 Å². The number of nitrogens with one attached hydrogen (secondary N) is 1. The Morgan fingerprint density at radius 2 is 1.86 bits per heavy atom. The average Bonchev–Trinajstić information content (AvgIpc) is 2.89. The smallest absolute Gasteiger partial charge is 0.235 e. The lowest BCUT2D eigenvalue weighted by molar-refractivity contribution is -0.113. The molecule has 1 heterocycles. The third-order valence-corrected chi connectivity index (χ3v) is 8.94. The number of amides is 1. The normalized spacial score (nSPS) is 29.8. The molecule has 0 unspecified atom stereocenters. The van der Waals surface area contributed by atoms with Gasteiger partial charge in [0.05, 0.1) is 11.3 Å². The van der Waals surface area contributed by atoms with Crippen molar-refractivity contribution < 1.29 is 9.53 Å². The molecule has 4 fully saturated rings. The fourth-order valence-corrected chi connectivity index (χ4v) is 7.94. The van der Waals surface area contributed by atoms with E-state index in [4.69, 9.17) is 4.74 Å². The van der Waals surface area contributed by atoms with Crippen molar-refractivity contribution in [3.8, 4) is 6.07 Å². The zero-order valence-electron chi connectivity index (χ0n) is 17.9. The Morgan fingerprint density at radius 1 is 1.24 bits per heavy atom. The number of carbonyl (C=O) groups is 1. The molecular formula is C23H33N3O2S. The van der Waals surface area contributed by atoms with E-state index in [0.29, 0.717) is 28.5 Å². The van der Waals surface area contributed by atoms with Crippen LogP contribution in [-0.4, -0.2) is 34.7 Å². The van der Waals surface area contributed by atoms with Gasteiger partial charge < -0.3 is 14.6 Å². The van der Waals surface area contributed by atoms with Crippen LogP contribution in [0, 0.1) is 42.9 Å². The van der Waals surface area contributed by atoms with Gasteiger partial charge in [0.2, 0.25) is 5.91 Å². The number of rotatable bonds is 8. The standard InChI is InChI=1S/C23H33N3O2S/c1-15-16(2)26(5-4-6-28-3)22(20(15)13-24)25-21(27)14-29-23-10-17-7-18(11-23)9-19(8-17)12-23/h17-19H,4-12,14H2,1-3H3,(H,25,27). The predicted octanol–water partition coefficient (Wildman–Crippen LogP) is 4.65. The second-order valence-corrected chi connectivity index (χ2v) is 10.9. The monoisotopic (exact) mass is 415 g/mol.